The third-order valence-corrected chi connectivity index (χ3v) is 6.94. The van der Waals surface area contributed by atoms with E-state index in [4.69, 9.17) is 10.7 Å². The number of carbonyl (C=O) groups is 2. The normalized spacial score (nSPS) is 16.1. The van der Waals surface area contributed by atoms with Crippen molar-refractivity contribution in [3.8, 4) is 11.3 Å². The van der Waals surface area contributed by atoms with E-state index >= 15 is 0 Å². The summed E-state index contributed by atoms with van der Waals surface area (Å²) in [5, 5.41) is 8.39. The minimum atomic E-state index is -0.221. The first-order chi connectivity index (χ1) is 18.1. The highest BCUT2D eigenvalue weighted by molar-refractivity contribution is 6.06. The summed E-state index contributed by atoms with van der Waals surface area (Å²) in [5.74, 6) is -0.434. The number of amides is 2. The highest BCUT2D eigenvalue weighted by Gasteiger charge is 2.23. The number of nitrogens with one attached hydrogen (secondary N) is 1. The smallest absolute Gasteiger partial charge is 0.252 e. The van der Waals surface area contributed by atoms with Crippen molar-refractivity contribution in [2.24, 2.45) is 11.7 Å². The standard InChI is InChI=1S/C29H32N6O2/c30-27(36)23-13-7-15-34(20-23)16-8-14-31-29(37)24-17-26(22-11-5-2-6-12-22)33-28-25(24)18-32-35(28)19-21-9-3-1-4-10-21/h1-6,9-12,17-18,23H,7-8,13-16,19-20H2,(H2,30,36)(H,31,37). The lowest BCUT2D eigenvalue weighted by Crippen LogP contribution is -2.42. The second-order valence-electron chi connectivity index (χ2n) is 9.60. The van der Waals surface area contributed by atoms with Crippen LogP contribution in [0.5, 0.6) is 0 Å². The van der Waals surface area contributed by atoms with Crippen LogP contribution in [0.25, 0.3) is 22.3 Å². The molecule has 3 N–H and O–H groups in total. The van der Waals surface area contributed by atoms with Gasteiger partial charge in [0.1, 0.15) is 0 Å². The average molecular weight is 497 g/mol. The molecule has 5 rings (SSSR count). The van der Waals surface area contributed by atoms with Crippen LogP contribution in [0.4, 0.5) is 0 Å². The van der Waals surface area contributed by atoms with Crippen molar-refractivity contribution in [3.63, 3.8) is 0 Å². The minimum absolute atomic E-state index is 0.0720. The zero-order chi connectivity index (χ0) is 25.6. The molecular formula is C29H32N6O2. The van der Waals surface area contributed by atoms with Crippen LogP contribution in [-0.2, 0) is 11.3 Å². The second kappa shape index (κ2) is 11.3. The van der Waals surface area contributed by atoms with Crippen LogP contribution in [0, 0.1) is 5.92 Å². The predicted octanol–water partition coefficient (Wildman–Crippen LogP) is 3.46. The molecule has 1 aliphatic heterocycles. The Hall–Kier alpha value is -4.04. The van der Waals surface area contributed by atoms with Gasteiger partial charge in [0.15, 0.2) is 5.65 Å². The van der Waals surface area contributed by atoms with E-state index in [9.17, 15) is 9.59 Å². The Morgan fingerprint density at radius 1 is 1.05 bits per heavy atom. The molecule has 2 amide bonds. The molecule has 0 spiro atoms. The quantitative estimate of drug-likeness (QED) is 0.345. The Bertz CT molecular complexity index is 1370. The van der Waals surface area contributed by atoms with Gasteiger partial charge in [-0.2, -0.15) is 5.10 Å². The van der Waals surface area contributed by atoms with Gasteiger partial charge in [0.2, 0.25) is 5.91 Å². The fourth-order valence-corrected chi connectivity index (χ4v) is 4.96. The van der Waals surface area contributed by atoms with E-state index in [1.54, 1.807) is 6.20 Å². The van der Waals surface area contributed by atoms with Crippen LogP contribution < -0.4 is 11.1 Å². The first-order valence-corrected chi connectivity index (χ1v) is 12.8. The molecule has 37 heavy (non-hydrogen) atoms. The summed E-state index contributed by atoms with van der Waals surface area (Å²) in [7, 11) is 0. The molecule has 0 saturated carbocycles. The van der Waals surface area contributed by atoms with E-state index in [1.165, 1.54) is 0 Å². The number of piperidine rings is 1. The first-order valence-electron chi connectivity index (χ1n) is 12.8. The fourth-order valence-electron chi connectivity index (χ4n) is 4.96. The van der Waals surface area contributed by atoms with Gasteiger partial charge in [0.25, 0.3) is 5.91 Å². The number of hydrogen-bond donors (Lipinski definition) is 2. The van der Waals surface area contributed by atoms with Crippen LogP contribution in [0.1, 0.15) is 35.2 Å². The molecule has 1 fully saturated rings. The van der Waals surface area contributed by atoms with E-state index in [1.807, 2.05) is 59.3 Å². The Morgan fingerprint density at radius 2 is 1.81 bits per heavy atom. The molecule has 1 aliphatic rings. The van der Waals surface area contributed by atoms with Crippen LogP contribution in [-0.4, -0.2) is 57.7 Å². The van der Waals surface area contributed by atoms with Crippen LogP contribution in [0.15, 0.2) is 72.9 Å². The Morgan fingerprint density at radius 3 is 2.57 bits per heavy atom. The molecular weight excluding hydrogens is 464 g/mol. The van der Waals surface area contributed by atoms with Crippen LogP contribution in [0.2, 0.25) is 0 Å². The van der Waals surface area contributed by atoms with Crippen molar-refractivity contribution >= 4 is 22.8 Å². The van der Waals surface area contributed by atoms with Crippen molar-refractivity contribution in [2.75, 3.05) is 26.2 Å². The van der Waals surface area contributed by atoms with Crippen molar-refractivity contribution < 1.29 is 9.59 Å². The summed E-state index contributed by atoms with van der Waals surface area (Å²) in [5.41, 5.74) is 9.54. The van der Waals surface area contributed by atoms with Gasteiger partial charge in [-0.15, -0.1) is 0 Å². The number of hydrogen-bond acceptors (Lipinski definition) is 5. The number of aromatic nitrogens is 3. The lowest BCUT2D eigenvalue weighted by Gasteiger charge is -2.31. The minimum Gasteiger partial charge on any atom is -0.369 e. The Kier molecular flexibility index (Phi) is 7.56. The van der Waals surface area contributed by atoms with E-state index < -0.39 is 0 Å². The van der Waals surface area contributed by atoms with Gasteiger partial charge in [-0.25, -0.2) is 9.67 Å². The molecule has 2 aromatic carbocycles. The van der Waals surface area contributed by atoms with Gasteiger partial charge in [-0.1, -0.05) is 60.7 Å². The van der Waals surface area contributed by atoms with Gasteiger partial charge in [0.05, 0.1) is 35.3 Å². The average Bonchev–Trinajstić information content (AvgIpc) is 3.34. The fraction of sp³-hybridized carbons (Fsp3) is 0.310. The zero-order valence-corrected chi connectivity index (χ0v) is 20.8. The number of rotatable bonds is 9. The molecule has 2 aromatic heterocycles. The molecule has 190 valence electrons. The molecule has 3 heterocycles. The SMILES string of the molecule is NC(=O)C1CCCN(CCCNC(=O)c2cc(-c3ccccc3)nc3c2cnn3Cc2ccccc2)C1. The van der Waals surface area contributed by atoms with Gasteiger partial charge < -0.3 is 16.0 Å². The topological polar surface area (TPSA) is 106 Å². The molecule has 0 radical (unpaired) electrons. The van der Waals surface area contributed by atoms with E-state index in [-0.39, 0.29) is 17.7 Å². The molecule has 8 heteroatoms. The summed E-state index contributed by atoms with van der Waals surface area (Å²) in [6.45, 7) is 3.59. The number of benzene rings is 2. The summed E-state index contributed by atoms with van der Waals surface area (Å²) in [6.07, 6.45) is 4.36. The van der Waals surface area contributed by atoms with Crippen molar-refractivity contribution in [1.29, 1.82) is 0 Å². The highest BCUT2D eigenvalue weighted by Crippen LogP contribution is 2.25. The second-order valence-corrected chi connectivity index (χ2v) is 9.60. The van der Waals surface area contributed by atoms with Crippen LogP contribution >= 0.6 is 0 Å². The lowest BCUT2D eigenvalue weighted by molar-refractivity contribution is -0.123. The molecule has 1 atom stereocenters. The largest absolute Gasteiger partial charge is 0.369 e. The monoisotopic (exact) mass is 496 g/mol. The molecule has 8 nitrogen and oxygen atoms in total. The van der Waals surface area contributed by atoms with Crippen LogP contribution in [0.3, 0.4) is 0 Å². The Balaban J connectivity index is 1.33. The maximum absolute atomic E-state index is 13.4. The summed E-state index contributed by atoms with van der Waals surface area (Å²) >= 11 is 0. The molecule has 4 aromatic rings. The number of pyridine rings is 1. The number of nitrogens with zero attached hydrogens (tertiary/aromatic N) is 4. The summed E-state index contributed by atoms with van der Waals surface area (Å²) in [4.78, 5) is 32.1. The van der Waals surface area contributed by atoms with Gasteiger partial charge in [-0.3, -0.25) is 9.59 Å². The van der Waals surface area contributed by atoms with Crippen molar-refractivity contribution in [2.45, 2.75) is 25.8 Å². The van der Waals surface area contributed by atoms with Crippen molar-refractivity contribution in [1.82, 2.24) is 25.0 Å². The highest BCUT2D eigenvalue weighted by atomic mass is 16.2. The zero-order valence-electron chi connectivity index (χ0n) is 20.8. The van der Waals surface area contributed by atoms with E-state index in [2.05, 4.69) is 27.4 Å². The third kappa shape index (κ3) is 5.86. The number of carbonyl (C=O) groups excluding carboxylic acids is 2. The number of likely N-dealkylation sites (tertiary alicyclic amines) is 1. The molecule has 0 aliphatic carbocycles. The third-order valence-electron chi connectivity index (χ3n) is 6.94. The maximum atomic E-state index is 13.4. The van der Waals surface area contributed by atoms with Gasteiger partial charge >= 0.3 is 0 Å². The summed E-state index contributed by atoms with van der Waals surface area (Å²) in [6, 6.07) is 21.8. The predicted molar refractivity (Wildman–Crippen MR) is 144 cm³/mol. The molecule has 1 unspecified atom stereocenters. The van der Waals surface area contributed by atoms with Crippen molar-refractivity contribution in [3.05, 3.63) is 84.1 Å². The number of nitrogens with two attached hydrogens (primary N) is 1. The molecule has 1 saturated heterocycles. The summed E-state index contributed by atoms with van der Waals surface area (Å²) < 4.78 is 1.85. The lowest BCUT2D eigenvalue weighted by atomic mass is 9.97. The first kappa shape index (κ1) is 24.6. The Labute approximate surface area is 216 Å². The van der Waals surface area contributed by atoms with E-state index in [0.29, 0.717) is 30.8 Å². The van der Waals surface area contributed by atoms with Gasteiger partial charge in [-0.05, 0) is 44.0 Å². The number of primary amides is 1. The maximum Gasteiger partial charge on any atom is 0.252 e. The van der Waals surface area contributed by atoms with Gasteiger partial charge in [0, 0.05) is 18.7 Å². The van der Waals surface area contributed by atoms with E-state index in [0.717, 1.165) is 54.6 Å². The number of fused-ring (bicyclic) bond motifs is 1. The molecule has 0 bridgehead atoms.